The van der Waals surface area contributed by atoms with Crippen LogP contribution in [0.2, 0.25) is 0 Å². The molecule has 5 heteroatoms. The van der Waals surface area contributed by atoms with Crippen LogP contribution in [0.4, 0.5) is 0 Å². The summed E-state index contributed by atoms with van der Waals surface area (Å²) in [5.74, 6) is -0.685. The topological polar surface area (TPSA) is 87.7 Å². The summed E-state index contributed by atoms with van der Waals surface area (Å²) in [6.45, 7) is 9.08. The number of nitrogens with zero attached hydrogens (tertiary/aromatic N) is 1. The molecule has 20 heavy (non-hydrogen) atoms. The third-order valence-corrected chi connectivity index (χ3v) is 3.56. The first-order valence-corrected chi connectivity index (χ1v) is 7.63. The zero-order valence-electron chi connectivity index (χ0n) is 13.4. The third-order valence-electron chi connectivity index (χ3n) is 3.56. The molecule has 0 aromatic carbocycles. The zero-order valence-corrected chi connectivity index (χ0v) is 13.4. The number of oxime groups is 1. The number of amidine groups is 1. The smallest absolute Gasteiger partial charge is 0.230 e. The quantitative estimate of drug-likeness (QED) is 0.190. The van der Waals surface area contributed by atoms with Gasteiger partial charge in [0.15, 0.2) is 5.84 Å². The standard InChI is InChI=1S/C15H31N3O2/c1-5-7-8-10-15(3,4)11-17-14(19)12(9-6-2)13(16)18-20/h12,20H,5-11H2,1-4H3,(H2,16,18)(H,17,19). The van der Waals surface area contributed by atoms with Gasteiger partial charge in [0.05, 0.1) is 5.92 Å². The molecule has 5 nitrogen and oxygen atoms in total. The molecule has 0 bridgehead atoms. The molecule has 0 aromatic rings. The number of rotatable bonds is 10. The lowest BCUT2D eigenvalue weighted by molar-refractivity contribution is -0.123. The zero-order chi connectivity index (χ0) is 15.6. The van der Waals surface area contributed by atoms with Gasteiger partial charge in [-0.2, -0.15) is 0 Å². The minimum absolute atomic E-state index is 0.00635. The Morgan fingerprint density at radius 2 is 1.95 bits per heavy atom. The molecule has 0 spiro atoms. The van der Waals surface area contributed by atoms with Crippen LogP contribution in [0, 0.1) is 11.3 Å². The summed E-state index contributed by atoms with van der Waals surface area (Å²) < 4.78 is 0. The molecule has 0 heterocycles. The van der Waals surface area contributed by atoms with Crippen molar-refractivity contribution in [1.82, 2.24) is 5.32 Å². The Labute approximate surface area is 123 Å². The van der Waals surface area contributed by atoms with Gasteiger partial charge in [0.1, 0.15) is 0 Å². The molecule has 0 fully saturated rings. The van der Waals surface area contributed by atoms with Crippen molar-refractivity contribution >= 4 is 11.7 Å². The Bertz CT molecular complexity index is 314. The Kier molecular flexibility index (Phi) is 9.01. The lowest BCUT2D eigenvalue weighted by Gasteiger charge is -2.26. The first-order valence-electron chi connectivity index (χ1n) is 7.63. The Morgan fingerprint density at radius 1 is 1.30 bits per heavy atom. The van der Waals surface area contributed by atoms with E-state index in [1.54, 1.807) is 0 Å². The normalized spacial score (nSPS) is 14.1. The summed E-state index contributed by atoms with van der Waals surface area (Å²) in [5.41, 5.74) is 5.66. The van der Waals surface area contributed by atoms with E-state index in [-0.39, 0.29) is 17.2 Å². The highest BCUT2D eigenvalue weighted by Gasteiger charge is 2.25. The fraction of sp³-hybridized carbons (Fsp3) is 0.867. The number of hydrogen-bond acceptors (Lipinski definition) is 3. The maximum absolute atomic E-state index is 12.1. The summed E-state index contributed by atoms with van der Waals surface area (Å²) in [5, 5.41) is 14.6. The molecule has 4 N–H and O–H groups in total. The average Bonchev–Trinajstić information content (AvgIpc) is 2.41. The second kappa shape index (κ2) is 9.61. The molecule has 0 aliphatic rings. The highest BCUT2D eigenvalue weighted by Crippen LogP contribution is 2.23. The van der Waals surface area contributed by atoms with Crippen molar-refractivity contribution in [3.8, 4) is 0 Å². The molecular weight excluding hydrogens is 254 g/mol. The lowest BCUT2D eigenvalue weighted by atomic mass is 9.86. The van der Waals surface area contributed by atoms with E-state index >= 15 is 0 Å². The summed E-state index contributed by atoms with van der Waals surface area (Å²) in [7, 11) is 0. The number of amides is 1. The van der Waals surface area contributed by atoms with Crippen LogP contribution in [0.1, 0.15) is 66.2 Å². The van der Waals surface area contributed by atoms with Gasteiger partial charge >= 0.3 is 0 Å². The minimum Gasteiger partial charge on any atom is -0.409 e. The maximum atomic E-state index is 12.1. The Hall–Kier alpha value is -1.26. The molecule has 0 aliphatic carbocycles. The molecular formula is C15H31N3O2. The number of carbonyl (C=O) groups excluding carboxylic acids is 1. The fourth-order valence-electron chi connectivity index (χ4n) is 2.16. The van der Waals surface area contributed by atoms with Gasteiger partial charge in [0.25, 0.3) is 0 Å². The van der Waals surface area contributed by atoms with Crippen LogP contribution in [-0.2, 0) is 4.79 Å². The summed E-state index contributed by atoms with van der Waals surface area (Å²) in [4.78, 5) is 12.1. The van der Waals surface area contributed by atoms with E-state index in [2.05, 4.69) is 31.2 Å². The number of carbonyl (C=O) groups is 1. The largest absolute Gasteiger partial charge is 0.409 e. The predicted molar refractivity (Wildman–Crippen MR) is 82.7 cm³/mol. The predicted octanol–water partition coefficient (Wildman–Crippen LogP) is 2.87. The Balaban J connectivity index is 4.36. The molecule has 1 atom stereocenters. The highest BCUT2D eigenvalue weighted by atomic mass is 16.4. The van der Waals surface area contributed by atoms with E-state index in [9.17, 15) is 4.79 Å². The second-order valence-corrected chi connectivity index (χ2v) is 6.21. The number of nitrogens with two attached hydrogens (primary N) is 1. The first kappa shape index (κ1) is 18.7. The molecule has 0 saturated carbocycles. The van der Waals surface area contributed by atoms with E-state index in [0.717, 1.165) is 12.8 Å². The van der Waals surface area contributed by atoms with Gasteiger partial charge < -0.3 is 16.3 Å². The lowest BCUT2D eigenvalue weighted by Crippen LogP contribution is -2.42. The molecule has 0 aliphatic heterocycles. The van der Waals surface area contributed by atoms with Crippen LogP contribution in [-0.4, -0.2) is 23.5 Å². The van der Waals surface area contributed by atoms with Gasteiger partial charge in [-0.05, 0) is 18.3 Å². The Morgan fingerprint density at radius 3 is 2.45 bits per heavy atom. The number of nitrogens with one attached hydrogen (secondary N) is 1. The van der Waals surface area contributed by atoms with Crippen LogP contribution in [0.5, 0.6) is 0 Å². The number of hydrogen-bond donors (Lipinski definition) is 3. The van der Waals surface area contributed by atoms with Crippen molar-refractivity contribution in [2.24, 2.45) is 22.2 Å². The average molecular weight is 285 g/mol. The second-order valence-electron chi connectivity index (χ2n) is 6.21. The van der Waals surface area contributed by atoms with Gasteiger partial charge in [0, 0.05) is 6.54 Å². The van der Waals surface area contributed by atoms with Crippen molar-refractivity contribution in [3.63, 3.8) is 0 Å². The van der Waals surface area contributed by atoms with Gasteiger partial charge in [-0.25, -0.2) is 0 Å². The summed E-state index contributed by atoms with van der Waals surface area (Å²) in [6.07, 6.45) is 6.10. The minimum atomic E-state index is -0.531. The van der Waals surface area contributed by atoms with Gasteiger partial charge in [-0.3, -0.25) is 4.79 Å². The molecule has 1 amide bonds. The van der Waals surface area contributed by atoms with Gasteiger partial charge in [-0.1, -0.05) is 58.5 Å². The number of unbranched alkanes of at least 4 members (excludes halogenated alkanes) is 2. The van der Waals surface area contributed by atoms with E-state index in [1.165, 1.54) is 19.3 Å². The third kappa shape index (κ3) is 7.36. The van der Waals surface area contributed by atoms with Crippen molar-refractivity contribution in [1.29, 1.82) is 0 Å². The molecule has 118 valence electrons. The molecule has 0 radical (unpaired) electrons. The van der Waals surface area contributed by atoms with Crippen molar-refractivity contribution in [2.75, 3.05) is 6.54 Å². The maximum Gasteiger partial charge on any atom is 0.230 e. The van der Waals surface area contributed by atoms with Crippen LogP contribution in [0.3, 0.4) is 0 Å². The first-order chi connectivity index (χ1) is 9.37. The molecule has 0 rings (SSSR count). The van der Waals surface area contributed by atoms with Crippen molar-refractivity contribution < 1.29 is 10.0 Å². The van der Waals surface area contributed by atoms with Crippen molar-refractivity contribution in [2.45, 2.75) is 66.2 Å². The van der Waals surface area contributed by atoms with Gasteiger partial charge in [0.2, 0.25) is 5.91 Å². The van der Waals surface area contributed by atoms with E-state index in [4.69, 9.17) is 10.9 Å². The van der Waals surface area contributed by atoms with Crippen LogP contribution >= 0.6 is 0 Å². The molecule has 1 unspecified atom stereocenters. The van der Waals surface area contributed by atoms with Crippen LogP contribution < -0.4 is 11.1 Å². The van der Waals surface area contributed by atoms with Crippen molar-refractivity contribution in [3.05, 3.63) is 0 Å². The SMILES string of the molecule is CCCCCC(C)(C)CNC(=O)C(CCC)C(N)=NO. The van der Waals surface area contributed by atoms with Crippen LogP contribution in [0.25, 0.3) is 0 Å². The summed E-state index contributed by atoms with van der Waals surface area (Å²) >= 11 is 0. The fourth-order valence-corrected chi connectivity index (χ4v) is 2.16. The van der Waals surface area contributed by atoms with E-state index in [0.29, 0.717) is 13.0 Å². The van der Waals surface area contributed by atoms with Gasteiger partial charge in [-0.15, -0.1) is 0 Å². The molecule has 0 aromatic heterocycles. The summed E-state index contributed by atoms with van der Waals surface area (Å²) in [6, 6.07) is 0. The van der Waals surface area contributed by atoms with E-state index in [1.807, 2.05) is 6.92 Å². The highest BCUT2D eigenvalue weighted by molar-refractivity contribution is 6.02. The monoisotopic (exact) mass is 285 g/mol. The van der Waals surface area contributed by atoms with Crippen LogP contribution in [0.15, 0.2) is 5.16 Å². The van der Waals surface area contributed by atoms with E-state index < -0.39 is 5.92 Å². The molecule has 0 saturated heterocycles.